The van der Waals surface area contributed by atoms with E-state index in [1.54, 1.807) is 18.3 Å². The summed E-state index contributed by atoms with van der Waals surface area (Å²) in [6.07, 6.45) is 5.30. The Hall–Kier alpha value is -2.57. The van der Waals surface area contributed by atoms with Crippen LogP contribution in [0.2, 0.25) is 0 Å². The van der Waals surface area contributed by atoms with Crippen LogP contribution >= 0.6 is 0 Å². The van der Waals surface area contributed by atoms with Gasteiger partial charge in [-0.05, 0) is 12.5 Å². The fourth-order valence-corrected chi connectivity index (χ4v) is 2.37. The standard InChI is InChI=1S/C16H22N4O3/c1-5-6-12(14-17-9-10-20(14)2)18-15(21)11-7-8-13(22-3)19-16(11)23-4/h7-10,12H,5-6H2,1-4H3,(H,18,21)/t12-/m1/s1. The van der Waals surface area contributed by atoms with E-state index in [4.69, 9.17) is 9.47 Å². The van der Waals surface area contributed by atoms with Crippen molar-refractivity contribution in [2.75, 3.05) is 14.2 Å². The lowest BCUT2D eigenvalue weighted by atomic mass is 10.1. The Balaban J connectivity index is 2.24. The molecule has 0 bridgehead atoms. The van der Waals surface area contributed by atoms with Crippen LogP contribution in [0.5, 0.6) is 11.8 Å². The van der Waals surface area contributed by atoms with Gasteiger partial charge in [-0.3, -0.25) is 4.79 Å². The van der Waals surface area contributed by atoms with Crippen molar-refractivity contribution in [2.24, 2.45) is 7.05 Å². The summed E-state index contributed by atoms with van der Waals surface area (Å²) in [5.74, 6) is 1.20. The number of pyridine rings is 1. The molecule has 0 saturated heterocycles. The molecule has 1 atom stereocenters. The number of hydrogen-bond acceptors (Lipinski definition) is 5. The second-order valence-corrected chi connectivity index (χ2v) is 5.12. The fourth-order valence-electron chi connectivity index (χ4n) is 2.37. The van der Waals surface area contributed by atoms with Crippen molar-refractivity contribution in [3.8, 4) is 11.8 Å². The molecule has 2 rings (SSSR count). The lowest BCUT2D eigenvalue weighted by molar-refractivity contribution is 0.0928. The first-order chi connectivity index (χ1) is 11.1. The highest BCUT2D eigenvalue weighted by Crippen LogP contribution is 2.22. The maximum Gasteiger partial charge on any atom is 0.257 e. The van der Waals surface area contributed by atoms with Crippen LogP contribution in [0.3, 0.4) is 0 Å². The van der Waals surface area contributed by atoms with Crippen LogP contribution in [0.15, 0.2) is 24.5 Å². The number of rotatable bonds is 7. The lowest BCUT2D eigenvalue weighted by Crippen LogP contribution is -2.30. The van der Waals surface area contributed by atoms with Crippen molar-refractivity contribution in [1.82, 2.24) is 19.9 Å². The van der Waals surface area contributed by atoms with Crippen LogP contribution in [-0.4, -0.2) is 34.7 Å². The van der Waals surface area contributed by atoms with E-state index in [1.807, 2.05) is 17.8 Å². The van der Waals surface area contributed by atoms with Crippen molar-refractivity contribution >= 4 is 5.91 Å². The normalized spacial score (nSPS) is 11.8. The summed E-state index contributed by atoms with van der Waals surface area (Å²) in [6.45, 7) is 2.07. The molecule has 0 saturated carbocycles. The minimum absolute atomic E-state index is 0.167. The number of hydrogen-bond donors (Lipinski definition) is 1. The molecule has 1 N–H and O–H groups in total. The molecular weight excluding hydrogens is 296 g/mol. The Labute approximate surface area is 135 Å². The van der Waals surface area contributed by atoms with E-state index >= 15 is 0 Å². The molecule has 2 aromatic heterocycles. The average molecular weight is 318 g/mol. The maximum atomic E-state index is 12.6. The van der Waals surface area contributed by atoms with Gasteiger partial charge in [0.15, 0.2) is 0 Å². The average Bonchev–Trinajstić information content (AvgIpc) is 2.99. The third-order valence-electron chi connectivity index (χ3n) is 3.53. The molecule has 0 radical (unpaired) electrons. The lowest BCUT2D eigenvalue weighted by Gasteiger charge is -2.18. The van der Waals surface area contributed by atoms with Crippen molar-refractivity contribution in [3.05, 3.63) is 35.9 Å². The summed E-state index contributed by atoms with van der Waals surface area (Å²) in [5.41, 5.74) is 0.364. The molecule has 0 aromatic carbocycles. The van der Waals surface area contributed by atoms with Crippen LogP contribution < -0.4 is 14.8 Å². The molecule has 2 heterocycles. The summed E-state index contributed by atoms with van der Waals surface area (Å²) < 4.78 is 12.1. The Bertz CT molecular complexity index is 669. The Morgan fingerprint density at radius 3 is 2.70 bits per heavy atom. The number of carbonyl (C=O) groups is 1. The van der Waals surface area contributed by atoms with Gasteiger partial charge in [0.1, 0.15) is 11.4 Å². The van der Waals surface area contributed by atoms with Crippen molar-refractivity contribution < 1.29 is 14.3 Å². The Morgan fingerprint density at radius 1 is 1.35 bits per heavy atom. The van der Waals surface area contributed by atoms with Gasteiger partial charge < -0.3 is 19.4 Å². The van der Waals surface area contributed by atoms with Gasteiger partial charge in [-0.25, -0.2) is 4.98 Å². The number of imidazole rings is 1. The summed E-state index contributed by atoms with van der Waals surface area (Å²) in [6, 6.07) is 3.10. The summed E-state index contributed by atoms with van der Waals surface area (Å²) in [5, 5.41) is 3.01. The number of ether oxygens (including phenoxy) is 2. The molecule has 0 unspecified atom stereocenters. The molecule has 0 aliphatic carbocycles. The molecule has 0 aliphatic heterocycles. The van der Waals surface area contributed by atoms with Gasteiger partial charge in [0.25, 0.3) is 5.91 Å². The van der Waals surface area contributed by atoms with Gasteiger partial charge in [-0.15, -0.1) is 0 Å². The predicted octanol–water partition coefficient (Wildman–Crippen LogP) is 2.10. The third kappa shape index (κ3) is 3.80. The quantitative estimate of drug-likeness (QED) is 0.846. The van der Waals surface area contributed by atoms with E-state index in [0.29, 0.717) is 11.4 Å². The van der Waals surface area contributed by atoms with Gasteiger partial charge in [-0.1, -0.05) is 13.3 Å². The van der Waals surface area contributed by atoms with Crippen LogP contribution in [0.25, 0.3) is 0 Å². The van der Waals surface area contributed by atoms with Gasteiger partial charge in [0.05, 0.1) is 20.3 Å². The number of nitrogens with zero attached hydrogens (tertiary/aromatic N) is 3. The maximum absolute atomic E-state index is 12.6. The topological polar surface area (TPSA) is 78.3 Å². The van der Waals surface area contributed by atoms with Gasteiger partial charge in [0, 0.05) is 25.5 Å². The SMILES string of the molecule is CCC[C@@H](NC(=O)c1ccc(OC)nc1OC)c1nccn1C. The summed E-state index contributed by atoms with van der Waals surface area (Å²) in [7, 11) is 4.90. The minimum atomic E-state index is -0.251. The number of aryl methyl sites for hydroxylation is 1. The predicted molar refractivity (Wildman–Crippen MR) is 85.7 cm³/mol. The van der Waals surface area contributed by atoms with Crippen molar-refractivity contribution in [1.29, 1.82) is 0 Å². The zero-order valence-corrected chi connectivity index (χ0v) is 13.9. The molecule has 124 valence electrons. The Morgan fingerprint density at radius 2 is 2.13 bits per heavy atom. The van der Waals surface area contributed by atoms with E-state index in [1.165, 1.54) is 14.2 Å². The van der Waals surface area contributed by atoms with Crippen LogP contribution in [0, 0.1) is 0 Å². The van der Waals surface area contributed by atoms with Crippen molar-refractivity contribution in [3.63, 3.8) is 0 Å². The first kappa shape index (κ1) is 16.8. The highest BCUT2D eigenvalue weighted by Gasteiger charge is 2.21. The van der Waals surface area contributed by atoms with E-state index in [9.17, 15) is 4.79 Å². The monoisotopic (exact) mass is 318 g/mol. The molecule has 7 heteroatoms. The molecular formula is C16H22N4O3. The third-order valence-corrected chi connectivity index (χ3v) is 3.53. The highest BCUT2D eigenvalue weighted by molar-refractivity contribution is 5.96. The van der Waals surface area contributed by atoms with E-state index in [2.05, 4.69) is 22.2 Å². The summed E-state index contributed by atoms with van der Waals surface area (Å²) in [4.78, 5) is 21.1. The fraction of sp³-hybridized carbons (Fsp3) is 0.438. The number of aromatic nitrogens is 3. The second-order valence-electron chi connectivity index (χ2n) is 5.12. The van der Waals surface area contributed by atoms with Crippen LogP contribution in [-0.2, 0) is 7.05 Å². The zero-order valence-electron chi connectivity index (χ0n) is 13.9. The first-order valence-corrected chi connectivity index (χ1v) is 7.47. The molecule has 1 amide bonds. The molecule has 23 heavy (non-hydrogen) atoms. The zero-order chi connectivity index (χ0) is 16.8. The molecule has 2 aromatic rings. The highest BCUT2D eigenvalue weighted by atomic mass is 16.5. The number of methoxy groups -OCH3 is 2. The molecule has 7 nitrogen and oxygen atoms in total. The van der Waals surface area contributed by atoms with Crippen LogP contribution in [0.4, 0.5) is 0 Å². The van der Waals surface area contributed by atoms with Crippen LogP contribution in [0.1, 0.15) is 42.0 Å². The van der Waals surface area contributed by atoms with Gasteiger partial charge in [0.2, 0.25) is 11.8 Å². The number of carbonyl (C=O) groups excluding carboxylic acids is 1. The number of amides is 1. The molecule has 0 fully saturated rings. The van der Waals surface area contributed by atoms with E-state index in [0.717, 1.165) is 18.7 Å². The largest absolute Gasteiger partial charge is 0.481 e. The summed E-state index contributed by atoms with van der Waals surface area (Å²) >= 11 is 0. The molecule has 0 spiro atoms. The van der Waals surface area contributed by atoms with E-state index < -0.39 is 0 Å². The van der Waals surface area contributed by atoms with E-state index in [-0.39, 0.29) is 17.8 Å². The second kappa shape index (κ2) is 7.62. The first-order valence-electron chi connectivity index (χ1n) is 7.47. The Kier molecular flexibility index (Phi) is 5.56. The number of nitrogens with one attached hydrogen (secondary N) is 1. The van der Waals surface area contributed by atoms with Gasteiger partial charge >= 0.3 is 0 Å². The van der Waals surface area contributed by atoms with Gasteiger partial charge in [-0.2, -0.15) is 4.98 Å². The molecule has 0 aliphatic rings. The van der Waals surface area contributed by atoms with Crippen molar-refractivity contribution in [2.45, 2.75) is 25.8 Å². The smallest absolute Gasteiger partial charge is 0.257 e. The minimum Gasteiger partial charge on any atom is -0.481 e.